The quantitative estimate of drug-likeness (QED) is 0.596. The molecular weight excluding hydrogens is 308 g/mol. The van der Waals surface area contributed by atoms with Crippen LogP contribution in [0.5, 0.6) is 0 Å². The van der Waals surface area contributed by atoms with Crippen molar-refractivity contribution in [3.05, 3.63) is 107 Å². The molecule has 120 valence electrons. The average molecular weight is 324 g/mol. The van der Waals surface area contributed by atoms with Crippen molar-refractivity contribution >= 4 is 16.5 Å². The molecule has 0 aliphatic rings. The highest BCUT2D eigenvalue weighted by Gasteiger charge is 2.18. The van der Waals surface area contributed by atoms with Crippen LogP contribution >= 0.6 is 0 Å². The maximum absolute atomic E-state index is 12.9. The van der Waals surface area contributed by atoms with Crippen LogP contribution in [0.3, 0.4) is 0 Å². The van der Waals surface area contributed by atoms with E-state index in [0.29, 0.717) is 5.56 Å². The van der Waals surface area contributed by atoms with Crippen LogP contribution in [-0.2, 0) is 0 Å². The number of aromatic nitrogens is 2. The Morgan fingerprint density at radius 2 is 1.60 bits per heavy atom. The van der Waals surface area contributed by atoms with Gasteiger partial charge in [-0.25, -0.2) is 0 Å². The van der Waals surface area contributed by atoms with Crippen LogP contribution in [0.1, 0.15) is 11.3 Å². The van der Waals surface area contributed by atoms with E-state index >= 15 is 0 Å². The summed E-state index contributed by atoms with van der Waals surface area (Å²) in [6, 6.07) is 23.1. The minimum Gasteiger partial charge on any atom is -0.321 e. The zero-order valence-corrected chi connectivity index (χ0v) is 13.6. The summed E-state index contributed by atoms with van der Waals surface area (Å²) in [6.45, 7) is 4.26. The molecule has 4 rings (SSSR count). The number of pyridine rings is 2. The third-order valence-corrected chi connectivity index (χ3v) is 4.26. The highest BCUT2D eigenvalue weighted by Crippen LogP contribution is 2.33. The van der Waals surface area contributed by atoms with Crippen molar-refractivity contribution in [2.45, 2.75) is 0 Å². The minimum absolute atomic E-state index is 0.128. The number of H-pyrrole nitrogens is 1. The summed E-state index contributed by atoms with van der Waals surface area (Å²) in [4.78, 5) is 20.3. The van der Waals surface area contributed by atoms with E-state index in [1.165, 1.54) is 0 Å². The zero-order valence-electron chi connectivity index (χ0n) is 13.6. The Balaban J connectivity index is 2.10. The van der Waals surface area contributed by atoms with Gasteiger partial charge < -0.3 is 4.98 Å². The number of hydrogen-bond donors (Lipinski definition) is 1. The van der Waals surface area contributed by atoms with Crippen LogP contribution in [0.25, 0.3) is 27.6 Å². The Kier molecular flexibility index (Phi) is 3.75. The maximum atomic E-state index is 12.9. The fourth-order valence-electron chi connectivity index (χ4n) is 3.11. The molecule has 4 aromatic rings. The zero-order chi connectivity index (χ0) is 17.2. The number of fused-ring (bicyclic) bond motifs is 1. The number of nitrogens with zero attached hydrogens (tertiary/aromatic N) is 1. The van der Waals surface area contributed by atoms with Gasteiger partial charge in [-0.1, -0.05) is 61.2 Å². The molecule has 0 unspecified atom stereocenters. The smallest absolute Gasteiger partial charge is 0.256 e. The highest BCUT2D eigenvalue weighted by atomic mass is 16.1. The van der Waals surface area contributed by atoms with Crippen LogP contribution in [0.4, 0.5) is 0 Å². The predicted molar refractivity (Wildman–Crippen MR) is 102 cm³/mol. The van der Waals surface area contributed by atoms with Crippen molar-refractivity contribution in [3.63, 3.8) is 0 Å². The van der Waals surface area contributed by atoms with Gasteiger partial charge in [0.15, 0.2) is 0 Å². The molecular formula is C22H16N2O. The van der Waals surface area contributed by atoms with Gasteiger partial charge in [-0.2, -0.15) is 0 Å². The summed E-state index contributed by atoms with van der Waals surface area (Å²) >= 11 is 0. The molecule has 0 saturated carbocycles. The number of aromatic amines is 1. The summed E-state index contributed by atoms with van der Waals surface area (Å²) in [5, 5.41) is 0.955. The first-order valence-corrected chi connectivity index (χ1v) is 8.07. The standard InChI is InChI=1S/C22H16N2O/c1-15(18-12-7-8-14-23-18)20-17-11-5-6-13-19(17)24-22(25)21(20)16-9-3-2-4-10-16/h2-14H,1H2,(H,24,25). The average Bonchev–Trinajstić information content (AvgIpc) is 2.67. The Labute approximate surface area is 145 Å². The van der Waals surface area contributed by atoms with Gasteiger partial charge in [0.25, 0.3) is 5.56 Å². The van der Waals surface area contributed by atoms with E-state index in [1.54, 1.807) is 6.20 Å². The monoisotopic (exact) mass is 324 g/mol. The van der Waals surface area contributed by atoms with Crippen LogP contribution in [0, 0.1) is 0 Å². The van der Waals surface area contributed by atoms with Gasteiger partial charge in [0.2, 0.25) is 0 Å². The van der Waals surface area contributed by atoms with Gasteiger partial charge in [-0.3, -0.25) is 9.78 Å². The Morgan fingerprint density at radius 3 is 2.36 bits per heavy atom. The maximum Gasteiger partial charge on any atom is 0.256 e. The molecule has 2 aromatic carbocycles. The number of hydrogen-bond acceptors (Lipinski definition) is 2. The van der Waals surface area contributed by atoms with E-state index in [0.717, 1.165) is 33.3 Å². The molecule has 3 nitrogen and oxygen atoms in total. The molecule has 0 aliphatic heterocycles. The lowest BCUT2D eigenvalue weighted by Crippen LogP contribution is -2.13. The topological polar surface area (TPSA) is 45.8 Å². The van der Waals surface area contributed by atoms with E-state index in [4.69, 9.17) is 0 Å². The summed E-state index contributed by atoms with van der Waals surface area (Å²) in [6.07, 6.45) is 1.73. The molecule has 0 atom stereocenters. The highest BCUT2D eigenvalue weighted by molar-refractivity contribution is 6.01. The van der Waals surface area contributed by atoms with Crippen molar-refractivity contribution in [3.8, 4) is 11.1 Å². The first-order valence-electron chi connectivity index (χ1n) is 8.07. The van der Waals surface area contributed by atoms with E-state index in [9.17, 15) is 4.79 Å². The number of nitrogens with one attached hydrogen (secondary N) is 1. The summed E-state index contributed by atoms with van der Waals surface area (Å²) < 4.78 is 0. The summed E-state index contributed by atoms with van der Waals surface area (Å²) in [7, 11) is 0. The normalized spacial score (nSPS) is 10.7. The molecule has 2 aromatic heterocycles. The van der Waals surface area contributed by atoms with Crippen LogP contribution in [-0.4, -0.2) is 9.97 Å². The molecule has 25 heavy (non-hydrogen) atoms. The van der Waals surface area contributed by atoms with E-state index in [2.05, 4.69) is 16.5 Å². The molecule has 1 N–H and O–H groups in total. The molecule has 2 heterocycles. The lowest BCUT2D eigenvalue weighted by atomic mass is 9.91. The van der Waals surface area contributed by atoms with Crippen molar-refractivity contribution in [1.82, 2.24) is 9.97 Å². The molecule has 0 amide bonds. The van der Waals surface area contributed by atoms with Gasteiger partial charge in [-0.15, -0.1) is 0 Å². The third-order valence-electron chi connectivity index (χ3n) is 4.26. The number of rotatable bonds is 3. The van der Waals surface area contributed by atoms with E-state index in [-0.39, 0.29) is 5.56 Å². The van der Waals surface area contributed by atoms with Gasteiger partial charge in [-0.05, 0) is 23.8 Å². The Hall–Kier alpha value is -3.46. The second-order valence-corrected chi connectivity index (χ2v) is 5.81. The molecule has 0 radical (unpaired) electrons. The Bertz CT molecular complexity index is 1110. The van der Waals surface area contributed by atoms with Gasteiger partial charge in [0.1, 0.15) is 0 Å². The van der Waals surface area contributed by atoms with Crippen molar-refractivity contribution in [1.29, 1.82) is 0 Å². The van der Waals surface area contributed by atoms with Crippen molar-refractivity contribution < 1.29 is 0 Å². The van der Waals surface area contributed by atoms with Crippen LogP contribution < -0.4 is 5.56 Å². The fourth-order valence-corrected chi connectivity index (χ4v) is 3.11. The summed E-state index contributed by atoms with van der Waals surface area (Å²) in [5.74, 6) is 0. The number of para-hydroxylation sites is 1. The van der Waals surface area contributed by atoms with E-state index < -0.39 is 0 Å². The molecule has 0 aliphatic carbocycles. The van der Waals surface area contributed by atoms with Gasteiger partial charge >= 0.3 is 0 Å². The van der Waals surface area contributed by atoms with Crippen molar-refractivity contribution in [2.75, 3.05) is 0 Å². The second-order valence-electron chi connectivity index (χ2n) is 5.81. The molecule has 0 bridgehead atoms. The second kappa shape index (κ2) is 6.21. The SMILES string of the molecule is C=C(c1ccccn1)c1c(-c2ccccc2)c(=O)[nH]c2ccccc12. The first kappa shape index (κ1) is 15.1. The fraction of sp³-hybridized carbons (Fsp3) is 0. The number of benzene rings is 2. The molecule has 3 heteroatoms. The predicted octanol–water partition coefficient (Wildman–Crippen LogP) is 4.65. The Morgan fingerprint density at radius 1 is 0.880 bits per heavy atom. The van der Waals surface area contributed by atoms with E-state index in [1.807, 2.05) is 72.8 Å². The van der Waals surface area contributed by atoms with Crippen molar-refractivity contribution in [2.24, 2.45) is 0 Å². The lowest BCUT2D eigenvalue weighted by Gasteiger charge is -2.15. The van der Waals surface area contributed by atoms with Crippen LogP contribution in [0.2, 0.25) is 0 Å². The van der Waals surface area contributed by atoms with Gasteiger partial charge in [0, 0.05) is 28.2 Å². The molecule has 0 fully saturated rings. The summed E-state index contributed by atoms with van der Waals surface area (Å²) in [5.41, 5.74) is 4.47. The third kappa shape index (κ3) is 2.66. The first-order chi connectivity index (χ1) is 12.3. The lowest BCUT2D eigenvalue weighted by molar-refractivity contribution is 1.26. The minimum atomic E-state index is -0.128. The molecule has 0 saturated heterocycles. The van der Waals surface area contributed by atoms with Crippen LogP contribution in [0.15, 0.2) is 90.4 Å². The largest absolute Gasteiger partial charge is 0.321 e. The van der Waals surface area contributed by atoms with Gasteiger partial charge in [0.05, 0.1) is 11.3 Å². The molecule has 0 spiro atoms.